The van der Waals surface area contributed by atoms with E-state index in [0.717, 1.165) is 12.8 Å². The molecule has 0 aromatic rings. The first kappa shape index (κ1) is 13.9. The van der Waals surface area contributed by atoms with Gasteiger partial charge in [0.15, 0.2) is 0 Å². The van der Waals surface area contributed by atoms with Crippen LogP contribution >= 0.6 is 0 Å². The standard InChI is InChI=1S/C10H21NO4S/c1-9(4-5-12)7-11-16(13,14)8-10-3-2-6-15-10/h9-12H,2-8H2,1H3. The maximum atomic E-state index is 11.6. The normalized spacial score (nSPS) is 23.5. The van der Waals surface area contributed by atoms with Gasteiger partial charge in [-0.15, -0.1) is 0 Å². The Balaban J connectivity index is 2.27. The van der Waals surface area contributed by atoms with Gasteiger partial charge in [0.05, 0.1) is 11.9 Å². The number of hydrogen-bond acceptors (Lipinski definition) is 4. The number of rotatable bonds is 7. The molecule has 2 unspecified atom stereocenters. The molecule has 0 saturated carbocycles. The van der Waals surface area contributed by atoms with E-state index in [1.807, 2.05) is 6.92 Å². The lowest BCUT2D eigenvalue weighted by atomic mass is 10.1. The molecule has 0 amide bonds. The minimum atomic E-state index is -3.24. The highest BCUT2D eigenvalue weighted by Crippen LogP contribution is 2.13. The maximum absolute atomic E-state index is 11.6. The van der Waals surface area contributed by atoms with Crippen molar-refractivity contribution in [1.29, 1.82) is 0 Å². The van der Waals surface area contributed by atoms with Crippen LogP contribution in [0.5, 0.6) is 0 Å². The molecule has 0 aromatic heterocycles. The SMILES string of the molecule is CC(CCO)CNS(=O)(=O)CC1CCCO1. The molecule has 2 N–H and O–H groups in total. The molecule has 0 aliphatic carbocycles. The van der Waals surface area contributed by atoms with Crippen molar-refractivity contribution in [3.05, 3.63) is 0 Å². The van der Waals surface area contributed by atoms with E-state index >= 15 is 0 Å². The Morgan fingerprint density at radius 2 is 2.31 bits per heavy atom. The fourth-order valence-electron chi connectivity index (χ4n) is 1.67. The first-order chi connectivity index (χ1) is 7.53. The van der Waals surface area contributed by atoms with Crippen LogP contribution in [0.25, 0.3) is 0 Å². The van der Waals surface area contributed by atoms with Gasteiger partial charge >= 0.3 is 0 Å². The van der Waals surface area contributed by atoms with Gasteiger partial charge in [-0.3, -0.25) is 0 Å². The van der Waals surface area contributed by atoms with Crippen LogP contribution in [0.2, 0.25) is 0 Å². The topological polar surface area (TPSA) is 75.6 Å². The fourth-order valence-corrected chi connectivity index (χ4v) is 3.08. The zero-order chi connectivity index (χ0) is 12.0. The monoisotopic (exact) mass is 251 g/mol. The Morgan fingerprint density at radius 1 is 1.56 bits per heavy atom. The van der Waals surface area contributed by atoms with Crippen molar-refractivity contribution >= 4 is 10.0 Å². The highest BCUT2D eigenvalue weighted by atomic mass is 32.2. The van der Waals surface area contributed by atoms with Crippen LogP contribution in [0.1, 0.15) is 26.2 Å². The zero-order valence-corrected chi connectivity index (χ0v) is 10.5. The summed E-state index contributed by atoms with van der Waals surface area (Å²) < 4.78 is 31.1. The van der Waals surface area contributed by atoms with Gasteiger partial charge in [0.25, 0.3) is 0 Å². The lowest BCUT2D eigenvalue weighted by Gasteiger charge is -2.14. The Kier molecular flexibility index (Phi) is 5.68. The van der Waals surface area contributed by atoms with Crippen molar-refractivity contribution in [2.45, 2.75) is 32.3 Å². The quantitative estimate of drug-likeness (QED) is 0.673. The predicted molar refractivity (Wildman–Crippen MR) is 61.6 cm³/mol. The number of hydrogen-bond donors (Lipinski definition) is 2. The van der Waals surface area contributed by atoms with Gasteiger partial charge in [-0.1, -0.05) is 6.92 Å². The summed E-state index contributed by atoms with van der Waals surface area (Å²) in [5.41, 5.74) is 0. The molecule has 1 aliphatic heterocycles. The van der Waals surface area contributed by atoms with Crippen molar-refractivity contribution in [1.82, 2.24) is 4.72 Å². The van der Waals surface area contributed by atoms with Crippen molar-refractivity contribution in [2.24, 2.45) is 5.92 Å². The third kappa shape index (κ3) is 5.25. The van der Waals surface area contributed by atoms with Gasteiger partial charge in [-0.05, 0) is 25.2 Å². The third-order valence-electron chi connectivity index (χ3n) is 2.70. The molecule has 2 atom stereocenters. The average Bonchev–Trinajstić information content (AvgIpc) is 2.67. The van der Waals surface area contributed by atoms with Crippen LogP contribution < -0.4 is 4.72 Å². The lowest BCUT2D eigenvalue weighted by molar-refractivity contribution is 0.127. The third-order valence-corrected chi connectivity index (χ3v) is 4.12. The van der Waals surface area contributed by atoms with Crippen LogP contribution in [0.4, 0.5) is 0 Å². The summed E-state index contributed by atoms with van der Waals surface area (Å²) in [6.07, 6.45) is 2.24. The minimum absolute atomic E-state index is 0.0544. The highest BCUT2D eigenvalue weighted by molar-refractivity contribution is 7.89. The van der Waals surface area contributed by atoms with E-state index in [1.54, 1.807) is 0 Å². The molecule has 0 aromatic carbocycles. The number of nitrogens with one attached hydrogen (secondary N) is 1. The summed E-state index contributed by atoms with van der Waals surface area (Å²) >= 11 is 0. The fraction of sp³-hybridized carbons (Fsp3) is 1.00. The Labute approximate surface area is 97.2 Å². The molecule has 0 radical (unpaired) electrons. The summed E-state index contributed by atoms with van der Waals surface area (Å²) in [7, 11) is -3.24. The summed E-state index contributed by atoms with van der Waals surface area (Å²) in [5.74, 6) is 0.211. The Hall–Kier alpha value is -0.170. The Morgan fingerprint density at radius 3 is 2.88 bits per heavy atom. The second-order valence-electron chi connectivity index (χ2n) is 4.38. The summed E-state index contributed by atoms with van der Waals surface area (Å²) in [6, 6.07) is 0. The van der Waals surface area contributed by atoms with Crippen LogP contribution in [-0.2, 0) is 14.8 Å². The second kappa shape index (κ2) is 6.54. The molecule has 5 nitrogen and oxygen atoms in total. The molecule has 6 heteroatoms. The largest absolute Gasteiger partial charge is 0.396 e. The van der Waals surface area contributed by atoms with E-state index in [2.05, 4.69) is 4.72 Å². The molecule has 1 fully saturated rings. The Bertz CT molecular complexity index is 285. The number of aliphatic hydroxyl groups excluding tert-OH is 1. The highest BCUT2D eigenvalue weighted by Gasteiger charge is 2.23. The van der Waals surface area contributed by atoms with E-state index in [4.69, 9.17) is 9.84 Å². The van der Waals surface area contributed by atoms with E-state index < -0.39 is 10.0 Å². The van der Waals surface area contributed by atoms with Gasteiger partial charge < -0.3 is 9.84 Å². The van der Waals surface area contributed by atoms with Crippen LogP contribution in [0, 0.1) is 5.92 Å². The second-order valence-corrected chi connectivity index (χ2v) is 6.23. The molecular weight excluding hydrogens is 230 g/mol. The van der Waals surface area contributed by atoms with Gasteiger partial charge in [0.1, 0.15) is 0 Å². The van der Waals surface area contributed by atoms with Gasteiger partial charge in [0, 0.05) is 19.8 Å². The molecule has 1 aliphatic rings. The average molecular weight is 251 g/mol. The predicted octanol–water partition coefficient (Wildman–Crippen LogP) is 0.103. The van der Waals surface area contributed by atoms with Crippen LogP contribution in [-0.4, -0.2) is 45.1 Å². The molecule has 1 heterocycles. The van der Waals surface area contributed by atoms with Crippen molar-refractivity contribution in [2.75, 3.05) is 25.5 Å². The summed E-state index contributed by atoms with van der Waals surface area (Å²) in [4.78, 5) is 0. The first-order valence-electron chi connectivity index (χ1n) is 5.73. The molecule has 16 heavy (non-hydrogen) atoms. The first-order valence-corrected chi connectivity index (χ1v) is 7.38. The van der Waals surface area contributed by atoms with Gasteiger partial charge in [-0.2, -0.15) is 0 Å². The van der Waals surface area contributed by atoms with Crippen molar-refractivity contribution in [3.8, 4) is 0 Å². The summed E-state index contributed by atoms with van der Waals surface area (Å²) in [6.45, 7) is 3.05. The van der Waals surface area contributed by atoms with E-state index in [0.29, 0.717) is 19.6 Å². The molecular formula is C10H21NO4S. The zero-order valence-electron chi connectivity index (χ0n) is 9.68. The summed E-state index contributed by atoms with van der Waals surface area (Å²) in [5, 5.41) is 8.70. The van der Waals surface area contributed by atoms with Crippen molar-refractivity contribution < 1.29 is 18.3 Å². The lowest BCUT2D eigenvalue weighted by Crippen LogP contribution is -2.34. The number of sulfonamides is 1. The van der Waals surface area contributed by atoms with Crippen LogP contribution in [0.3, 0.4) is 0 Å². The molecule has 1 saturated heterocycles. The van der Waals surface area contributed by atoms with Crippen LogP contribution in [0.15, 0.2) is 0 Å². The van der Waals surface area contributed by atoms with E-state index in [9.17, 15) is 8.42 Å². The number of aliphatic hydroxyl groups is 1. The molecule has 0 bridgehead atoms. The molecule has 96 valence electrons. The molecule has 0 spiro atoms. The smallest absolute Gasteiger partial charge is 0.214 e. The molecule has 1 rings (SSSR count). The van der Waals surface area contributed by atoms with Gasteiger partial charge in [-0.25, -0.2) is 13.1 Å². The number of ether oxygens (including phenoxy) is 1. The minimum Gasteiger partial charge on any atom is -0.396 e. The maximum Gasteiger partial charge on any atom is 0.214 e. The van der Waals surface area contributed by atoms with E-state index in [1.165, 1.54) is 0 Å². The van der Waals surface area contributed by atoms with Gasteiger partial charge in [0.2, 0.25) is 10.0 Å². The van der Waals surface area contributed by atoms with Crippen molar-refractivity contribution in [3.63, 3.8) is 0 Å². The van der Waals surface area contributed by atoms with E-state index in [-0.39, 0.29) is 24.4 Å².